The smallest absolute Gasteiger partial charge is 0.350 e. The third-order valence-electron chi connectivity index (χ3n) is 3.19. The van der Waals surface area contributed by atoms with Gasteiger partial charge in [-0.1, -0.05) is 19.1 Å². The molecular weight excluding hydrogens is 334 g/mol. The number of esters is 1. The maximum atomic E-state index is 12.0. The van der Waals surface area contributed by atoms with Crippen LogP contribution in [0.2, 0.25) is 0 Å². The first-order valence-electron chi connectivity index (χ1n) is 7.36. The summed E-state index contributed by atoms with van der Waals surface area (Å²) in [6.07, 6.45) is 0.582. The lowest BCUT2D eigenvalue weighted by Gasteiger charge is -2.03. The van der Waals surface area contributed by atoms with Crippen LogP contribution < -0.4 is 0 Å². The van der Waals surface area contributed by atoms with E-state index in [4.69, 9.17) is 4.74 Å². The Labute approximate surface area is 140 Å². The van der Waals surface area contributed by atoms with Crippen molar-refractivity contribution in [3.05, 3.63) is 34.8 Å². The van der Waals surface area contributed by atoms with Gasteiger partial charge in [0, 0.05) is 5.56 Å². The minimum Gasteiger partial charge on any atom is -0.462 e. The van der Waals surface area contributed by atoms with Crippen molar-refractivity contribution < 1.29 is 17.9 Å². The number of nitrogens with zero attached hydrogens (tertiary/aromatic N) is 1. The van der Waals surface area contributed by atoms with Crippen LogP contribution in [0.15, 0.2) is 29.2 Å². The molecule has 0 aliphatic rings. The second kappa shape index (κ2) is 7.23. The van der Waals surface area contributed by atoms with Crippen LogP contribution in [-0.2, 0) is 14.6 Å². The second-order valence-corrected chi connectivity index (χ2v) is 8.11. The number of aryl methyl sites for hydroxylation is 1. The van der Waals surface area contributed by atoms with E-state index < -0.39 is 9.84 Å². The molecular formula is C16H19NO4S2. The Kier molecular flexibility index (Phi) is 5.54. The summed E-state index contributed by atoms with van der Waals surface area (Å²) in [5.74, 6) is -0.244. The van der Waals surface area contributed by atoms with Gasteiger partial charge in [0.1, 0.15) is 9.88 Å². The average Bonchev–Trinajstić information content (AvgIpc) is 2.90. The quantitative estimate of drug-likeness (QED) is 0.743. The molecule has 0 saturated carbocycles. The molecule has 0 saturated heterocycles. The van der Waals surface area contributed by atoms with Crippen molar-refractivity contribution in [2.24, 2.45) is 0 Å². The van der Waals surface area contributed by atoms with Crippen molar-refractivity contribution in [1.82, 2.24) is 4.98 Å². The fourth-order valence-corrected chi connectivity index (χ4v) is 4.39. The van der Waals surface area contributed by atoms with E-state index in [2.05, 4.69) is 4.98 Å². The van der Waals surface area contributed by atoms with E-state index in [0.717, 1.165) is 5.56 Å². The van der Waals surface area contributed by atoms with Crippen molar-refractivity contribution in [2.45, 2.75) is 32.1 Å². The fraction of sp³-hybridized carbons (Fsp3) is 0.375. The predicted molar refractivity (Wildman–Crippen MR) is 90.6 cm³/mol. The van der Waals surface area contributed by atoms with Crippen LogP contribution in [0.5, 0.6) is 0 Å². The molecule has 2 aromatic rings. The van der Waals surface area contributed by atoms with Gasteiger partial charge < -0.3 is 4.74 Å². The molecule has 5 nitrogen and oxygen atoms in total. The first-order valence-corrected chi connectivity index (χ1v) is 9.83. The molecule has 1 aromatic heterocycles. The van der Waals surface area contributed by atoms with Crippen LogP contribution in [0.1, 0.15) is 35.6 Å². The molecule has 1 aromatic carbocycles. The number of thiazole rings is 1. The van der Waals surface area contributed by atoms with Crippen LogP contribution in [-0.4, -0.2) is 31.7 Å². The van der Waals surface area contributed by atoms with E-state index in [0.29, 0.717) is 33.5 Å². The van der Waals surface area contributed by atoms with Gasteiger partial charge in [0.2, 0.25) is 0 Å². The molecule has 7 heteroatoms. The normalized spacial score (nSPS) is 11.4. The molecule has 0 bridgehead atoms. The summed E-state index contributed by atoms with van der Waals surface area (Å²) in [5, 5.41) is 0.671. The largest absolute Gasteiger partial charge is 0.462 e. The van der Waals surface area contributed by atoms with Crippen LogP contribution in [0, 0.1) is 6.92 Å². The third kappa shape index (κ3) is 3.97. The number of hydrogen-bond acceptors (Lipinski definition) is 6. The Bertz CT molecular complexity index is 792. The van der Waals surface area contributed by atoms with E-state index in [-0.39, 0.29) is 11.7 Å². The molecule has 0 spiro atoms. The lowest BCUT2D eigenvalue weighted by atomic mass is 10.2. The van der Waals surface area contributed by atoms with Crippen LogP contribution in [0.25, 0.3) is 10.6 Å². The number of sulfone groups is 1. The third-order valence-corrected chi connectivity index (χ3v) is 6.31. The number of hydrogen-bond donors (Lipinski definition) is 0. The van der Waals surface area contributed by atoms with Crippen molar-refractivity contribution in [1.29, 1.82) is 0 Å². The van der Waals surface area contributed by atoms with Gasteiger partial charge in [0.25, 0.3) is 0 Å². The minimum absolute atomic E-state index is 0.135. The molecule has 23 heavy (non-hydrogen) atoms. The Morgan fingerprint density at radius 1 is 1.22 bits per heavy atom. The Hall–Kier alpha value is -1.73. The van der Waals surface area contributed by atoms with Crippen LogP contribution in [0.3, 0.4) is 0 Å². The first-order chi connectivity index (χ1) is 10.9. The highest BCUT2D eigenvalue weighted by molar-refractivity contribution is 7.91. The van der Waals surface area contributed by atoms with Gasteiger partial charge in [0.05, 0.1) is 22.9 Å². The van der Waals surface area contributed by atoms with E-state index in [1.54, 1.807) is 38.1 Å². The summed E-state index contributed by atoms with van der Waals surface area (Å²) >= 11 is 1.25. The highest BCUT2D eigenvalue weighted by atomic mass is 32.2. The zero-order chi connectivity index (χ0) is 17.0. The molecule has 0 radical (unpaired) electrons. The van der Waals surface area contributed by atoms with E-state index in [9.17, 15) is 13.2 Å². The summed E-state index contributed by atoms with van der Waals surface area (Å²) in [4.78, 5) is 17.0. The number of carbonyl (C=O) groups is 1. The van der Waals surface area contributed by atoms with Gasteiger partial charge in [-0.2, -0.15) is 0 Å². The summed E-state index contributed by atoms with van der Waals surface area (Å²) < 4.78 is 29.1. The Morgan fingerprint density at radius 3 is 2.43 bits per heavy atom. The number of ether oxygens (including phenoxy) is 1. The van der Waals surface area contributed by atoms with Gasteiger partial charge in [-0.25, -0.2) is 18.2 Å². The second-order valence-electron chi connectivity index (χ2n) is 5.00. The molecule has 0 aliphatic carbocycles. The SMILES string of the molecule is CCCS(=O)(=O)c1ccc(-c2nc(C)c(C(=O)OCC)s2)cc1. The van der Waals surface area contributed by atoms with E-state index in [1.165, 1.54) is 11.3 Å². The number of benzene rings is 1. The molecule has 0 fully saturated rings. The highest BCUT2D eigenvalue weighted by Gasteiger charge is 2.18. The first kappa shape index (κ1) is 17.6. The fourth-order valence-electron chi connectivity index (χ4n) is 2.10. The zero-order valence-electron chi connectivity index (χ0n) is 13.3. The molecule has 0 unspecified atom stereocenters. The predicted octanol–water partition coefficient (Wildman–Crippen LogP) is 3.48. The Morgan fingerprint density at radius 2 is 1.87 bits per heavy atom. The summed E-state index contributed by atoms with van der Waals surface area (Å²) in [5.41, 5.74) is 1.40. The van der Waals surface area contributed by atoms with Gasteiger partial charge in [-0.05, 0) is 32.4 Å². The van der Waals surface area contributed by atoms with E-state index in [1.807, 2.05) is 6.92 Å². The number of aromatic nitrogens is 1. The number of rotatable bonds is 6. The lowest BCUT2D eigenvalue weighted by molar-refractivity contribution is 0.0531. The topological polar surface area (TPSA) is 73.3 Å². The summed E-state index contributed by atoms with van der Waals surface area (Å²) in [6, 6.07) is 6.60. The lowest BCUT2D eigenvalue weighted by Crippen LogP contribution is -2.05. The monoisotopic (exact) mass is 353 g/mol. The summed E-state index contributed by atoms with van der Waals surface area (Å²) in [7, 11) is -3.22. The average molecular weight is 353 g/mol. The molecule has 2 rings (SSSR count). The van der Waals surface area contributed by atoms with E-state index >= 15 is 0 Å². The molecule has 1 heterocycles. The Balaban J connectivity index is 2.30. The van der Waals surface area contributed by atoms with Crippen molar-refractivity contribution in [3.63, 3.8) is 0 Å². The van der Waals surface area contributed by atoms with Crippen molar-refractivity contribution >= 4 is 27.1 Å². The summed E-state index contributed by atoms with van der Waals surface area (Å²) in [6.45, 7) is 5.66. The van der Waals surface area contributed by atoms with Crippen LogP contribution in [0.4, 0.5) is 0 Å². The van der Waals surface area contributed by atoms with Gasteiger partial charge in [-0.3, -0.25) is 0 Å². The van der Waals surface area contributed by atoms with Gasteiger partial charge in [-0.15, -0.1) is 11.3 Å². The maximum absolute atomic E-state index is 12.0. The maximum Gasteiger partial charge on any atom is 0.350 e. The zero-order valence-corrected chi connectivity index (χ0v) is 15.0. The molecule has 0 atom stereocenters. The van der Waals surface area contributed by atoms with Crippen molar-refractivity contribution in [2.75, 3.05) is 12.4 Å². The molecule has 124 valence electrons. The molecule has 0 amide bonds. The standard InChI is InChI=1S/C16H19NO4S2/c1-4-10-23(19,20)13-8-6-12(7-9-13)15-17-11(3)14(22-15)16(18)21-5-2/h6-9H,4-5,10H2,1-3H3. The van der Waals surface area contributed by atoms with Crippen molar-refractivity contribution in [3.8, 4) is 10.6 Å². The highest BCUT2D eigenvalue weighted by Crippen LogP contribution is 2.29. The van der Waals surface area contributed by atoms with Crippen LogP contribution >= 0.6 is 11.3 Å². The van der Waals surface area contributed by atoms with Gasteiger partial charge in [0.15, 0.2) is 9.84 Å². The number of carbonyl (C=O) groups excluding carboxylic acids is 1. The minimum atomic E-state index is -3.22. The molecule has 0 aliphatic heterocycles. The van der Waals surface area contributed by atoms with Gasteiger partial charge >= 0.3 is 5.97 Å². The molecule has 0 N–H and O–H groups in total.